The Morgan fingerprint density at radius 3 is 2.12 bits per heavy atom. The first kappa shape index (κ1) is 15.0. The van der Waals surface area contributed by atoms with E-state index in [2.05, 4.69) is 41.5 Å². The first-order valence-electron chi connectivity index (χ1n) is 7.57. The lowest BCUT2D eigenvalue weighted by Crippen LogP contribution is -2.48. The SMILES string of the molecule is CC[C@H](C)[C@@](C)(C1CC(C)C1)[C@H](C)[C@@H](C)CN. The highest BCUT2D eigenvalue weighted by Gasteiger charge is 2.48. The van der Waals surface area contributed by atoms with Crippen LogP contribution in [0.25, 0.3) is 0 Å². The number of rotatable bonds is 6. The van der Waals surface area contributed by atoms with Gasteiger partial charge in [-0.2, -0.15) is 0 Å². The first-order chi connectivity index (χ1) is 7.87. The molecule has 0 heterocycles. The maximum Gasteiger partial charge on any atom is -0.00488 e. The summed E-state index contributed by atoms with van der Waals surface area (Å²) in [7, 11) is 0. The van der Waals surface area contributed by atoms with E-state index in [4.69, 9.17) is 5.73 Å². The van der Waals surface area contributed by atoms with Crippen LogP contribution < -0.4 is 5.73 Å². The molecule has 0 aromatic carbocycles. The summed E-state index contributed by atoms with van der Waals surface area (Å²) < 4.78 is 0. The van der Waals surface area contributed by atoms with Gasteiger partial charge in [0.1, 0.15) is 0 Å². The van der Waals surface area contributed by atoms with Crippen molar-refractivity contribution >= 4 is 0 Å². The van der Waals surface area contributed by atoms with E-state index in [9.17, 15) is 0 Å². The fourth-order valence-electron chi connectivity index (χ4n) is 3.89. The van der Waals surface area contributed by atoms with Crippen LogP contribution in [0.2, 0.25) is 0 Å². The maximum absolute atomic E-state index is 5.90. The Labute approximate surface area is 109 Å². The molecule has 0 saturated heterocycles. The van der Waals surface area contributed by atoms with E-state index in [1.807, 2.05) is 0 Å². The molecule has 4 atom stereocenters. The molecule has 1 aliphatic carbocycles. The zero-order chi connectivity index (χ0) is 13.2. The Kier molecular flexibility index (Phi) is 5.07. The number of nitrogens with two attached hydrogens (primary N) is 1. The monoisotopic (exact) mass is 239 g/mol. The molecular formula is C16H33N. The second-order valence-electron chi connectivity index (χ2n) is 6.95. The molecule has 0 amide bonds. The molecule has 0 bridgehead atoms. The summed E-state index contributed by atoms with van der Waals surface area (Å²) in [4.78, 5) is 0. The molecule has 1 nitrogen and oxygen atoms in total. The number of hydrogen-bond donors (Lipinski definition) is 1. The van der Waals surface area contributed by atoms with Gasteiger partial charge in [0.15, 0.2) is 0 Å². The lowest BCUT2D eigenvalue weighted by Gasteiger charge is -2.54. The summed E-state index contributed by atoms with van der Waals surface area (Å²) in [5.74, 6) is 4.06. The van der Waals surface area contributed by atoms with Crippen LogP contribution in [0.3, 0.4) is 0 Å². The minimum Gasteiger partial charge on any atom is -0.330 e. The Hall–Kier alpha value is -0.0400. The lowest BCUT2D eigenvalue weighted by molar-refractivity contribution is -0.0499. The van der Waals surface area contributed by atoms with Gasteiger partial charge in [0.25, 0.3) is 0 Å². The molecule has 1 rings (SSSR count). The quantitative estimate of drug-likeness (QED) is 0.734. The molecule has 0 aromatic rings. The third-order valence-corrected chi connectivity index (χ3v) is 6.13. The topological polar surface area (TPSA) is 26.0 Å². The third-order valence-electron chi connectivity index (χ3n) is 6.13. The van der Waals surface area contributed by atoms with Crippen molar-refractivity contribution in [2.45, 2.75) is 60.8 Å². The Balaban J connectivity index is 2.85. The van der Waals surface area contributed by atoms with Crippen LogP contribution in [0, 0.1) is 35.0 Å². The highest BCUT2D eigenvalue weighted by molar-refractivity contribution is 4.97. The Morgan fingerprint density at radius 1 is 1.24 bits per heavy atom. The van der Waals surface area contributed by atoms with Crippen molar-refractivity contribution in [3.8, 4) is 0 Å². The van der Waals surface area contributed by atoms with E-state index >= 15 is 0 Å². The van der Waals surface area contributed by atoms with Crippen LogP contribution >= 0.6 is 0 Å². The zero-order valence-electron chi connectivity index (χ0n) is 12.8. The normalized spacial score (nSPS) is 33.4. The van der Waals surface area contributed by atoms with E-state index in [1.165, 1.54) is 19.3 Å². The molecule has 0 radical (unpaired) electrons. The van der Waals surface area contributed by atoms with Gasteiger partial charge in [0.2, 0.25) is 0 Å². The van der Waals surface area contributed by atoms with Crippen molar-refractivity contribution in [3.05, 3.63) is 0 Å². The standard InChI is InChI=1S/C16H33N/c1-7-13(4)16(6,14(5)12(3)10-17)15-8-11(2)9-15/h11-15H,7-10,17H2,1-6H3/t11?,12-,13-,14+,15?,16+/m0/s1. The summed E-state index contributed by atoms with van der Waals surface area (Å²) in [6, 6.07) is 0. The van der Waals surface area contributed by atoms with Gasteiger partial charge < -0.3 is 5.73 Å². The molecule has 0 spiro atoms. The van der Waals surface area contributed by atoms with Crippen molar-refractivity contribution < 1.29 is 0 Å². The van der Waals surface area contributed by atoms with Crippen molar-refractivity contribution in [3.63, 3.8) is 0 Å². The van der Waals surface area contributed by atoms with Gasteiger partial charge in [-0.3, -0.25) is 0 Å². The second-order valence-corrected chi connectivity index (χ2v) is 6.95. The van der Waals surface area contributed by atoms with Gasteiger partial charge in [-0.15, -0.1) is 0 Å². The predicted molar refractivity (Wildman–Crippen MR) is 76.8 cm³/mol. The lowest BCUT2D eigenvalue weighted by atomic mass is 9.51. The average molecular weight is 239 g/mol. The van der Waals surface area contributed by atoms with E-state index in [0.29, 0.717) is 11.3 Å². The summed E-state index contributed by atoms with van der Waals surface area (Å²) >= 11 is 0. The van der Waals surface area contributed by atoms with Crippen LogP contribution in [0.15, 0.2) is 0 Å². The van der Waals surface area contributed by atoms with E-state index in [1.54, 1.807) is 0 Å². The number of hydrogen-bond acceptors (Lipinski definition) is 1. The summed E-state index contributed by atoms with van der Waals surface area (Å²) in [6.07, 6.45) is 4.16. The average Bonchev–Trinajstić information content (AvgIpc) is 2.30. The van der Waals surface area contributed by atoms with Crippen LogP contribution in [-0.4, -0.2) is 6.54 Å². The van der Waals surface area contributed by atoms with Crippen LogP contribution in [0.4, 0.5) is 0 Å². The second kappa shape index (κ2) is 5.73. The molecular weight excluding hydrogens is 206 g/mol. The molecule has 0 unspecified atom stereocenters. The Morgan fingerprint density at radius 2 is 1.76 bits per heavy atom. The third kappa shape index (κ3) is 2.70. The van der Waals surface area contributed by atoms with Crippen LogP contribution in [-0.2, 0) is 0 Å². The molecule has 17 heavy (non-hydrogen) atoms. The van der Waals surface area contributed by atoms with E-state index in [0.717, 1.165) is 30.2 Å². The highest BCUT2D eigenvalue weighted by atomic mass is 14.6. The van der Waals surface area contributed by atoms with Gasteiger partial charge in [-0.25, -0.2) is 0 Å². The minimum atomic E-state index is 0.486. The molecule has 1 heteroatoms. The largest absolute Gasteiger partial charge is 0.330 e. The molecule has 0 aliphatic heterocycles. The van der Waals surface area contributed by atoms with Crippen LogP contribution in [0.5, 0.6) is 0 Å². The molecule has 1 aliphatic rings. The first-order valence-corrected chi connectivity index (χ1v) is 7.57. The molecule has 1 saturated carbocycles. The summed E-state index contributed by atoms with van der Waals surface area (Å²) in [6.45, 7) is 15.3. The smallest absolute Gasteiger partial charge is 0.00488 e. The van der Waals surface area contributed by atoms with Gasteiger partial charge in [0, 0.05) is 0 Å². The van der Waals surface area contributed by atoms with E-state index in [-0.39, 0.29) is 0 Å². The van der Waals surface area contributed by atoms with Crippen molar-refractivity contribution in [2.75, 3.05) is 6.54 Å². The van der Waals surface area contributed by atoms with Crippen LogP contribution in [0.1, 0.15) is 60.8 Å². The van der Waals surface area contributed by atoms with E-state index < -0.39 is 0 Å². The summed E-state index contributed by atoms with van der Waals surface area (Å²) in [5.41, 5.74) is 6.38. The minimum absolute atomic E-state index is 0.486. The molecule has 102 valence electrons. The molecule has 0 aromatic heterocycles. The maximum atomic E-state index is 5.90. The van der Waals surface area contributed by atoms with Crippen molar-refractivity contribution in [1.82, 2.24) is 0 Å². The van der Waals surface area contributed by atoms with Gasteiger partial charge in [-0.05, 0) is 54.4 Å². The fraction of sp³-hybridized carbons (Fsp3) is 1.00. The highest BCUT2D eigenvalue weighted by Crippen LogP contribution is 2.55. The predicted octanol–water partition coefficient (Wildman–Crippen LogP) is 4.32. The van der Waals surface area contributed by atoms with Gasteiger partial charge in [-0.1, -0.05) is 48.0 Å². The zero-order valence-corrected chi connectivity index (χ0v) is 12.8. The van der Waals surface area contributed by atoms with Gasteiger partial charge >= 0.3 is 0 Å². The van der Waals surface area contributed by atoms with Crippen molar-refractivity contribution in [2.24, 2.45) is 40.7 Å². The fourth-order valence-corrected chi connectivity index (χ4v) is 3.89. The van der Waals surface area contributed by atoms with Gasteiger partial charge in [0.05, 0.1) is 0 Å². The molecule has 2 N–H and O–H groups in total. The van der Waals surface area contributed by atoms with Crippen molar-refractivity contribution in [1.29, 1.82) is 0 Å². The Bertz CT molecular complexity index is 232. The molecule has 1 fully saturated rings. The summed E-state index contributed by atoms with van der Waals surface area (Å²) in [5, 5.41) is 0.